The van der Waals surface area contributed by atoms with Gasteiger partial charge in [0.1, 0.15) is 0 Å². The van der Waals surface area contributed by atoms with Crippen LogP contribution in [0, 0.1) is 5.92 Å². The third-order valence-electron chi connectivity index (χ3n) is 4.81. The van der Waals surface area contributed by atoms with E-state index in [-0.39, 0.29) is 16.8 Å². The van der Waals surface area contributed by atoms with Gasteiger partial charge < -0.3 is 10.1 Å². The number of nitrogens with one attached hydrogen (secondary N) is 1. The zero-order valence-corrected chi connectivity index (χ0v) is 17.9. The van der Waals surface area contributed by atoms with Crippen LogP contribution in [-0.2, 0) is 19.6 Å². The van der Waals surface area contributed by atoms with E-state index in [1.54, 1.807) is 0 Å². The second-order valence-electron chi connectivity index (χ2n) is 7.26. The number of hydroxylamine groups is 1. The molecule has 1 unspecified atom stereocenters. The van der Waals surface area contributed by atoms with E-state index in [9.17, 15) is 13.2 Å². The van der Waals surface area contributed by atoms with Gasteiger partial charge in [-0.2, -0.15) is 0 Å². The van der Waals surface area contributed by atoms with Crippen LogP contribution in [0.5, 0.6) is 0 Å². The summed E-state index contributed by atoms with van der Waals surface area (Å²) < 4.78 is 30.6. The predicted octanol–water partition coefficient (Wildman–Crippen LogP) is 1.35. The summed E-state index contributed by atoms with van der Waals surface area (Å²) in [6.45, 7) is 8.06. The number of amides is 1. The van der Waals surface area contributed by atoms with Gasteiger partial charge in [0.05, 0.1) is 25.2 Å². The summed E-state index contributed by atoms with van der Waals surface area (Å²) >= 11 is 0. The number of rotatable bonds is 9. The lowest BCUT2D eigenvalue weighted by Crippen LogP contribution is -2.49. The Morgan fingerprint density at radius 2 is 1.86 bits per heavy atom. The van der Waals surface area contributed by atoms with Crippen molar-refractivity contribution >= 4 is 15.9 Å². The summed E-state index contributed by atoms with van der Waals surface area (Å²) in [4.78, 5) is 19.7. The largest absolute Gasteiger partial charge is 0.379 e. The highest BCUT2D eigenvalue weighted by Crippen LogP contribution is 2.16. The number of hydrogen-bond acceptors (Lipinski definition) is 6. The normalized spacial score (nSPS) is 17.1. The van der Waals surface area contributed by atoms with Gasteiger partial charge in [0.15, 0.2) is 0 Å². The summed E-state index contributed by atoms with van der Waals surface area (Å²) in [5, 5.41) is 2.99. The van der Waals surface area contributed by atoms with Crippen LogP contribution in [-0.4, -0.2) is 76.7 Å². The summed E-state index contributed by atoms with van der Waals surface area (Å²) in [6.07, 6.45) is 0.987. The van der Waals surface area contributed by atoms with E-state index in [0.29, 0.717) is 31.2 Å². The highest BCUT2D eigenvalue weighted by molar-refractivity contribution is 7.89. The van der Waals surface area contributed by atoms with Gasteiger partial charge in [-0.15, -0.1) is 0 Å². The molecule has 0 radical (unpaired) electrons. The summed E-state index contributed by atoms with van der Waals surface area (Å²) in [5.41, 5.74) is 0.421. The van der Waals surface area contributed by atoms with E-state index in [2.05, 4.69) is 24.1 Å². The van der Waals surface area contributed by atoms with E-state index >= 15 is 0 Å². The van der Waals surface area contributed by atoms with Gasteiger partial charge >= 0.3 is 0 Å². The number of benzene rings is 1. The Balaban J connectivity index is 2.00. The number of ether oxygens (including phenoxy) is 1. The molecule has 1 atom stereocenters. The van der Waals surface area contributed by atoms with Crippen molar-refractivity contribution in [1.82, 2.24) is 14.7 Å². The van der Waals surface area contributed by atoms with Crippen molar-refractivity contribution in [3.63, 3.8) is 0 Å². The van der Waals surface area contributed by atoms with Crippen molar-refractivity contribution in [2.24, 2.45) is 5.92 Å². The molecule has 0 spiro atoms. The molecule has 28 heavy (non-hydrogen) atoms. The zero-order valence-electron chi connectivity index (χ0n) is 17.1. The molecule has 1 fully saturated rings. The number of carbonyl (C=O) groups is 1. The molecule has 1 saturated heterocycles. The molecule has 0 aliphatic carbocycles. The molecule has 1 N–H and O–H groups in total. The lowest BCUT2D eigenvalue weighted by Gasteiger charge is -2.35. The smallest absolute Gasteiger partial charge is 0.264 e. The maximum absolute atomic E-state index is 12.5. The molecule has 1 aliphatic rings. The van der Waals surface area contributed by atoms with Crippen LogP contribution in [0.4, 0.5) is 0 Å². The third-order valence-corrected chi connectivity index (χ3v) is 6.51. The van der Waals surface area contributed by atoms with Crippen molar-refractivity contribution in [3.05, 3.63) is 29.8 Å². The second-order valence-corrected chi connectivity index (χ2v) is 9.20. The maximum Gasteiger partial charge on any atom is 0.264 e. The first kappa shape index (κ1) is 22.8. The molecule has 1 aromatic rings. The molecule has 8 nitrogen and oxygen atoms in total. The molecule has 0 bridgehead atoms. The zero-order chi connectivity index (χ0) is 20.7. The lowest BCUT2D eigenvalue weighted by molar-refractivity contribution is -0.0258. The molecule has 1 aliphatic heterocycles. The highest BCUT2D eigenvalue weighted by atomic mass is 32.2. The van der Waals surface area contributed by atoms with E-state index in [0.717, 1.165) is 24.0 Å². The summed E-state index contributed by atoms with van der Waals surface area (Å²) in [7, 11) is -1.13. The molecule has 1 heterocycles. The first-order valence-corrected chi connectivity index (χ1v) is 10.9. The molecule has 158 valence electrons. The third kappa shape index (κ3) is 5.99. The molecular weight excluding hydrogens is 382 g/mol. The number of carbonyl (C=O) groups excluding carboxylic acids is 1. The highest BCUT2D eigenvalue weighted by Gasteiger charge is 2.23. The van der Waals surface area contributed by atoms with Crippen molar-refractivity contribution in [2.45, 2.75) is 31.2 Å². The van der Waals surface area contributed by atoms with Crippen LogP contribution in [0.1, 0.15) is 30.6 Å². The fourth-order valence-corrected chi connectivity index (χ4v) is 4.16. The second kappa shape index (κ2) is 10.3. The minimum absolute atomic E-state index is 0.0689. The van der Waals surface area contributed by atoms with E-state index in [1.807, 2.05) is 0 Å². The van der Waals surface area contributed by atoms with Crippen molar-refractivity contribution in [2.75, 3.05) is 47.0 Å². The van der Waals surface area contributed by atoms with Crippen molar-refractivity contribution < 1.29 is 22.8 Å². The maximum atomic E-state index is 12.5. The van der Waals surface area contributed by atoms with Crippen molar-refractivity contribution in [1.29, 1.82) is 0 Å². The average Bonchev–Trinajstić information content (AvgIpc) is 2.70. The Kier molecular flexibility index (Phi) is 8.38. The Hall–Kier alpha value is -1.52. The Morgan fingerprint density at radius 3 is 2.39 bits per heavy atom. The minimum atomic E-state index is -3.72. The van der Waals surface area contributed by atoms with Crippen LogP contribution < -0.4 is 5.32 Å². The van der Waals surface area contributed by atoms with Gasteiger partial charge in [0.2, 0.25) is 0 Å². The first-order chi connectivity index (χ1) is 13.3. The Morgan fingerprint density at radius 1 is 1.25 bits per heavy atom. The number of sulfonamides is 1. The fourth-order valence-electron chi connectivity index (χ4n) is 3.19. The van der Waals surface area contributed by atoms with Gasteiger partial charge in [-0.25, -0.2) is 8.42 Å². The molecule has 1 amide bonds. The quantitative estimate of drug-likeness (QED) is 0.615. The standard InChI is InChI=1S/C19H31N3O5S/c1-15(2)13-17(22-9-11-27-12-10-22)14-20-19(23)16-5-7-18(8-6-16)28(24,25)21(3)26-4/h5-8,15,17H,9-14H2,1-4H3,(H,20,23). The SMILES string of the molecule is CON(C)S(=O)(=O)c1ccc(C(=O)NCC(CC(C)C)N2CCOCC2)cc1. The van der Waals surface area contributed by atoms with Gasteiger partial charge in [0.25, 0.3) is 15.9 Å². The van der Waals surface area contributed by atoms with Gasteiger partial charge in [0, 0.05) is 38.3 Å². The molecule has 0 saturated carbocycles. The Bertz CT molecular complexity index is 730. The van der Waals surface area contributed by atoms with Gasteiger partial charge in [-0.3, -0.25) is 14.5 Å². The number of nitrogens with zero attached hydrogens (tertiary/aromatic N) is 2. The minimum Gasteiger partial charge on any atom is -0.379 e. The fraction of sp³-hybridized carbons (Fsp3) is 0.632. The number of morpholine rings is 1. The van der Waals surface area contributed by atoms with E-state index < -0.39 is 10.0 Å². The van der Waals surface area contributed by atoms with Crippen LogP contribution in [0.2, 0.25) is 0 Å². The molecule has 9 heteroatoms. The molecule has 2 rings (SSSR count). The summed E-state index contributed by atoms with van der Waals surface area (Å²) in [6, 6.07) is 6.10. The van der Waals surface area contributed by atoms with Crippen LogP contribution >= 0.6 is 0 Å². The van der Waals surface area contributed by atoms with Gasteiger partial charge in [-0.1, -0.05) is 18.3 Å². The van der Waals surface area contributed by atoms with E-state index in [4.69, 9.17) is 9.57 Å². The average molecular weight is 414 g/mol. The van der Waals surface area contributed by atoms with Gasteiger partial charge in [-0.05, 0) is 36.6 Å². The number of hydrogen-bond donors (Lipinski definition) is 1. The predicted molar refractivity (Wildman–Crippen MR) is 106 cm³/mol. The first-order valence-electron chi connectivity index (χ1n) is 9.48. The monoisotopic (exact) mass is 413 g/mol. The molecular formula is C19H31N3O5S. The van der Waals surface area contributed by atoms with Crippen LogP contribution in [0.15, 0.2) is 29.2 Å². The van der Waals surface area contributed by atoms with Crippen molar-refractivity contribution in [3.8, 4) is 0 Å². The molecule has 1 aromatic carbocycles. The van der Waals surface area contributed by atoms with Crippen LogP contribution in [0.25, 0.3) is 0 Å². The van der Waals surface area contributed by atoms with Crippen LogP contribution in [0.3, 0.4) is 0 Å². The lowest BCUT2D eigenvalue weighted by atomic mass is 10.0. The summed E-state index contributed by atoms with van der Waals surface area (Å²) in [5.74, 6) is 0.304. The van der Waals surface area contributed by atoms with E-state index in [1.165, 1.54) is 38.4 Å². The Labute approximate surface area is 167 Å². The molecule has 0 aromatic heterocycles. The topological polar surface area (TPSA) is 88.2 Å².